The van der Waals surface area contributed by atoms with Crippen molar-refractivity contribution in [3.05, 3.63) is 88.1 Å². The van der Waals surface area contributed by atoms with Gasteiger partial charge in [0.2, 0.25) is 5.91 Å². The predicted molar refractivity (Wildman–Crippen MR) is 101 cm³/mol. The molecule has 0 bridgehead atoms. The molecule has 1 aromatic heterocycles. The van der Waals surface area contributed by atoms with Gasteiger partial charge in [0.25, 0.3) is 0 Å². The van der Waals surface area contributed by atoms with Crippen LogP contribution < -0.4 is 10.2 Å². The number of hydrogen-bond donors (Lipinski definition) is 1. The number of carbonyl (C=O) groups excluding carboxylic acids is 1. The molecule has 1 heterocycles. The Hall–Kier alpha value is -2.92. The monoisotopic (exact) mass is 350 g/mol. The van der Waals surface area contributed by atoms with Crippen LogP contribution in [0.2, 0.25) is 0 Å². The first-order valence-electron chi connectivity index (χ1n) is 7.91. The molecule has 0 spiro atoms. The Labute approximate surface area is 150 Å². The second-order valence-electron chi connectivity index (χ2n) is 5.39. The first-order chi connectivity index (χ1) is 12.3. The van der Waals surface area contributed by atoms with Gasteiger partial charge >= 0.3 is 0 Å². The second kappa shape index (κ2) is 8.80. The highest BCUT2D eigenvalue weighted by molar-refractivity contribution is 7.10. The van der Waals surface area contributed by atoms with Gasteiger partial charge in [-0.15, -0.1) is 11.3 Å². The van der Waals surface area contributed by atoms with Crippen LogP contribution in [0.4, 0.5) is 0 Å². The average molecular weight is 350 g/mol. The molecule has 0 radical (unpaired) electrons. The first-order valence-corrected chi connectivity index (χ1v) is 8.78. The maximum absolute atomic E-state index is 11.7. The van der Waals surface area contributed by atoms with E-state index in [2.05, 4.69) is 10.5 Å². The normalized spacial score (nSPS) is 10.7. The van der Waals surface area contributed by atoms with Crippen molar-refractivity contribution in [1.82, 2.24) is 5.43 Å². The van der Waals surface area contributed by atoms with E-state index in [1.807, 2.05) is 72.1 Å². The highest BCUT2D eigenvalue weighted by Crippen LogP contribution is 2.13. The molecular formula is C20H18N2O2S. The predicted octanol–water partition coefficient (Wildman–Crippen LogP) is 4.02. The van der Waals surface area contributed by atoms with Crippen LogP contribution in [0.25, 0.3) is 0 Å². The van der Waals surface area contributed by atoms with E-state index in [-0.39, 0.29) is 5.91 Å². The molecule has 1 amide bonds. The van der Waals surface area contributed by atoms with Crippen LogP contribution in [-0.4, -0.2) is 12.1 Å². The Balaban J connectivity index is 1.46. The quantitative estimate of drug-likeness (QED) is 0.517. The summed E-state index contributed by atoms with van der Waals surface area (Å²) in [6.07, 6.45) is 1.97. The van der Waals surface area contributed by atoms with Gasteiger partial charge in [0.15, 0.2) is 0 Å². The SMILES string of the molecule is O=C(Cc1cccs1)N/N=C\c1ccc(OCc2ccccc2)cc1. The lowest BCUT2D eigenvalue weighted by Gasteiger charge is -2.06. The molecule has 0 saturated heterocycles. The molecule has 0 saturated carbocycles. The lowest BCUT2D eigenvalue weighted by Crippen LogP contribution is -2.19. The molecule has 3 aromatic rings. The van der Waals surface area contributed by atoms with Crippen LogP contribution in [0.3, 0.4) is 0 Å². The second-order valence-corrected chi connectivity index (χ2v) is 6.42. The van der Waals surface area contributed by atoms with E-state index < -0.39 is 0 Å². The zero-order chi connectivity index (χ0) is 17.3. The Kier molecular flexibility index (Phi) is 5.96. The molecule has 126 valence electrons. The summed E-state index contributed by atoms with van der Waals surface area (Å²) in [5, 5.41) is 5.94. The minimum absolute atomic E-state index is 0.124. The van der Waals surface area contributed by atoms with Crippen molar-refractivity contribution in [3.8, 4) is 5.75 Å². The third-order valence-electron chi connectivity index (χ3n) is 3.45. The molecule has 0 aliphatic rings. The summed E-state index contributed by atoms with van der Waals surface area (Å²) < 4.78 is 5.74. The van der Waals surface area contributed by atoms with Crippen LogP contribution in [0.5, 0.6) is 5.75 Å². The van der Waals surface area contributed by atoms with Gasteiger partial charge in [0, 0.05) is 4.88 Å². The van der Waals surface area contributed by atoms with Gasteiger partial charge in [-0.25, -0.2) is 5.43 Å². The Morgan fingerprint density at radius 2 is 1.84 bits per heavy atom. The molecule has 4 nitrogen and oxygen atoms in total. The molecule has 0 aliphatic heterocycles. The zero-order valence-electron chi connectivity index (χ0n) is 13.6. The molecule has 3 rings (SSSR count). The number of carbonyl (C=O) groups is 1. The van der Waals surface area contributed by atoms with E-state index in [0.717, 1.165) is 21.8 Å². The Morgan fingerprint density at radius 1 is 1.04 bits per heavy atom. The number of benzene rings is 2. The fourth-order valence-corrected chi connectivity index (χ4v) is 2.88. The van der Waals surface area contributed by atoms with Gasteiger partial charge in [-0.3, -0.25) is 4.79 Å². The van der Waals surface area contributed by atoms with Crippen LogP contribution in [0.1, 0.15) is 16.0 Å². The van der Waals surface area contributed by atoms with Crippen molar-refractivity contribution in [2.75, 3.05) is 0 Å². The topological polar surface area (TPSA) is 50.7 Å². The van der Waals surface area contributed by atoms with Gasteiger partial charge in [-0.2, -0.15) is 5.10 Å². The summed E-state index contributed by atoms with van der Waals surface area (Å²) in [4.78, 5) is 12.8. The summed E-state index contributed by atoms with van der Waals surface area (Å²) in [7, 11) is 0. The van der Waals surface area contributed by atoms with Gasteiger partial charge in [0.1, 0.15) is 12.4 Å². The lowest BCUT2D eigenvalue weighted by molar-refractivity contribution is -0.120. The number of hydrogen-bond acceptors (Lipinski definition) is 4. The molecule has 0 unspecified atom stereocenters. The molecular weight excluding hydrogens is 332 g/mol. The summed E-state index contributed by atoms with van der Waals surface area (Å²) in [5.41, 5.74) is 4.56. The van der Waals surface area contributed by atoms with E-state index in [0.29, 0.717) is 13.0 Å². The highest BCUT2D eigenvalue weighted by atomic mass is 32.1. The van der Waals surface area contributed by atoms with Gasteiger partial charge in [0.05, 0.1) is 12.6 Å². The van der Waals surface area contributed by atoms with Crippen LogP contribution in [0.15, 0.2) is 77.2 Å². The van der Waals surface area contributed by atoms with Crippen molar-refractivity contribution in [1.29, 1.82) is 0 Å². The standard InChI is InChI=1S/C20H18N2O2S/c23-20(13-19-7-4-12-25-19)22-21-14-16-8-10-18(11-9-16)24-15-17-5-2-1-3-6-17/h1-12,14H,13,15H2,(H,22,23)/b21-14-. The average Bonchev–Trinajstić information content (AvgIpc) is 3.15. The smallest absolute Gasteiger partial charge is 0.245 e. The summed E-state index contributed by atoms with van der Waals surface area (Å²) in [6, 6.07) is 21.5. The largest absolute Gasteiger partial charge is 0.489 e. The van der Waals surface area contributed by atoms with Crippen molar-refractivity contribution >= 4 is 23.5 Å². The Bertz CT molecular complexity index is 813. The number of thiophene rings is 1. The van der Waals surface area contributed by atoms with Gasteiger partial charge in [-0.05, 0) is 46.8 Å². The number of amides is 1. The van der Waals surface area contributed by atoms with Crippen molar-refractivity contribution in [2.45, 2.75) is 13.0 Å². The zero-order valence-corrected chi connectivity index (χ0v) is 14.4. The maximum Gasteiger partial charge on any atom is 0.245 e. The minimum Gasteiger partial charge on any atom is -0.489 e. The van der Waals surface area contributed by atoms with Crippen molar-refractivity contribution in [2.24, 2.45) is 5.10 Å². The number of rotatable bonds is 7. The number of nitrogens with zero attached hydrogens (tertiary/aromatic N) is 1. The third-order valence-corrected chi connectivity index (χ3v) is 4.32. The third kappa shape index (κ3) is 5.58. The van der Waals surface area contributed by atoms with Crippen molar-refractivity contribution in [3.63, 3.8) is 0 Å². The molecule has 2 aromatic carbocycles. The van der Waals surface area contributed by atoms with Crippen LogP contribution in [-0.2, 0) is 17.8 Å². The number of hydrazone groups is 1. The minimum atomic E-state index is -0.124. The molecule has 0 aliphatic carbocycles. The lowest BCUT2D eigenvalue weighted by atomic mass is 10.2. The molecule has 0 atom stereocenters. The number of ether oxygens (including phenoxy) is 1. The van der Waals surface area contributed by atoms with Crippen molar-refractivity contribution < 1.29 is 9.53 Å². The summed E-state index contributed by atoms with van der Waals surface area (Å²) in [5.74, 6) is 0.671. The van der Waals surface area contributed by atoms with E-state index in [1.165, 1.54) is 0 Å². The van der Waals surface area contributed by atoms with Gasteiger partial charge in [-0.1, -0.05) is 36.4 Å². The van der Waals surface area contributed by atoms with Gasteiger partial charge < -0.3 is 4.74 Å². The summed E-state index contributed by atoms with van der Waals surface area (Å²) >= 11 is 1.56. The highest BCUT2D eigenvalue weighted by Gasteiger charge is 2.02. The molecule has 5 heteroatoms. The molecule has 0 fully saturated rings. The van der Waals surface area contributed by atoms with E-state index in [1.54, 1.807) is 17.6 Å². The summed E-state index contributed by atoms with van der Waals surface area (Å²) in [6.45, 7) is 0.535. The van der Waals surface area contributed by atoms with E-state index >= 15 is 0 Å². The number of nitrogens with one attached hydrogen (secondary N) is 1. The Morgan fingerprint density at radius 3 is 2.56 bits per heavy atom. The van der Waals surface area contributed by atoms with E-state index in [9.17, 15) is 4.79 Å². The fourth-order valence-electron chi connectivity index (χ4n) is 2.18. The fraction of sp³-hybridized carbons (Fsp3) is 0.100. The first kappa shape index (κ1) is 16.9. The molecule has 1 N–H and O–H groups in total. The van der Waals surface area contributed by atoms with Crippen LogP contribution in [0, 0.1) is 0 Å². The van der Waals surface area contributed by atoms with Crippen LogP contribution >= 0.6 is 11.3 Å². The van der Waals surface area contributed by atoms with E-state index in [4.69, 9.17) is 4.74 Å². The molecule has 25 heavy (non-hydrogen) atoms. The maximum atomic E-state index is 11.7.